The van der Waals surface area contributed by atoms with Gasteiger partial charge >= 0.3 is 0 Å². The summed E-state index contributed by atoms with van der Waals surface area (Å²) >= 11 is 0. The summed E-state index contributed by atoms with van der Waals surface area (Å²) in [6, 6.07) is -0.696. The zero-order valence-electron chi connectivity index (χ0n) is 6.83. The minimum absolute atomic E-state index is 0.418. The van der Waals surface area contributed by atoms with Gasteiger partial charge in [-0.2, -0.15) is 0 Å². The highest BCUT2D eigenvalue weighted by Crippen LogP contribution is 2.24. The Bertz CT molecular complexity index is 107. The maximum Gasteiger partial charge on any atom is 0.110 e. The van der Waals surface area contributed by atoms with E-state index in [-0.39, 0.29) is 0 Å². The van der Waals surface area contributed by atoms with Crippen molar-refractivity contribution in [3.05, 3.63) is 0 Å². The minimum Gasteiger partial charge on any atom is -0.390 e. The molecule has 1 saturated carbocycles. The molecule has 72 valence electrons. The second-order valence-electron chi connectivity index (χ2n) is 3.40. The van der Waals surface area contributed by atoms with E-state index in [1.54, 1.807) is 6.92 Å². The zero-order valence-corrected chi connectivity index (χ0v) is 6.83. The number of hydrogen-bond donors (Lipinski definition) is 5. The minimum atomic E-state index is -1.36. The summed E-state index contributed by atoms with van der Waals surface area (Å²) in [5.74, 6) is -0.418. The molecule has 0 bridgehead atoms. The van der Waals surface area contributed by atoms with Gasteiger partial charge in [0, 0.05) is 12.0 Å². The Morgan fingerprint density at radius 1 is 0.833 bits per heavy atom. The van der Waals surface area contributed by atoms with Crippen LogP contribution in [-0.4, -0.2) is 50.9 Å². The summed E-state index contributed by atoms with van der Waals surface area (Å²) in [6.45, 7) is 1.62. The van der Waals surface area contributed by atoms with Crippen LogP contribution in [0.4, 0.5) is 0 Å². The highest BCUT2D eigenvalue weighted by molar-refractivity contribution is 4.98. The van der Waals surface area contributed by atoms with E-state index in [2.05, 4.69) is 0 Å². The van der Waals surface area contributed by atoms with Gasteiger partial charge < -0.3 is 26.2 Å². The third kappa shape index (κ3) is 1.34. The Hall–Kier alpha value is -0.200. The number of aliphatic hydroxyl groups is 4. The van der Waals surface area contributed by atoms with E-state index in [1.165, 1.54) is 0 Å². The predicted molar refractivity (Wildman–Crippen MR) is 41.2 cm³/mol. The fourth-order valence-electron chi connectivity index (χ4n) is 1.48. The zero-order chi connectivity index (χ0) is 9.46. The fraction of sp³-hybridized carbons (Fsp3) is 1.00. The first-order valence-corrected chi connectivity index (χ1v) is 3.94. The Morgan fingerprint density at radius 2 is 1.25 bits per heavy atom. The molecule has 1 fully saturated rings. The summed E-state index contributed by atoms with van der Waals surface area (Å²) in [6.07, 6.45) is -4.90. The largest absolute Gasteiger partial charge is 0.390 e. The van der Waals surface area contributed by atoms with Crippen molar-refractivity contribution >= 4 is 0 Å². The van der Waals surface area contributed by atoms with Crippen molar-refractivity contribution in [2.75, 3.05) is 0 Å². The van der Waals surface area contributed by atoms with E-state index >= 15 is 0 Å². The summed E-state index contributed by atoms with van der Waals surface area (Å²) in [4.78, 5) is 0. The van der Waals surface area contributed by atoms with Crippen molar-refractivity contribution in [2.45, 2.75) is 37.4 Å². The van der Waals surface area contributed by atoms with Crippen LogP contribution >= 0.6 is 0 Å². The fourth-order valence-corrected chi connectivity index (χ4v) is 1.48. The molecular formula is C7H15NO4. The molecule has 6 unspecified atom stereocenters. The van der Waals surface area contributed by atoms with Crippen molar-refractivity contribution in [3.8, 4) is 0 Å². The van der Waals surface area contributed by atoms with E-state index in [1.807, 2.05) is 0 Å². The van der Waals surface area contributed by atoms with E-state index in [9.17, 15) is 15.3 Å². The summed E-state index contributed by atoms with van der Waals surface area (Å²) in [7, 11) is 0. The summed E-state index contributed by atoms with van der Waals surface area (Å²) in [5, 5.41) is 36.9. The quantitative estimate of drug-likeness (QED) is 0.279. The van der Waals surface area contributed by atoms with E-state index in [0.29, 0.717) is 0 Å². The Kier molecular flexibility index (Phi) is 2.70. The topological polar surface area (TPSA) is 107 Å². The molecule has 0 heterocycles. The molecule has 0 aromatic rings. The van der Waals surface area contributed by atoms with Gasteiger partial charge in [-0.3, -0.25) is 0 Å². The maximum atomic E-state index is 9.30. The molecule has 0 aliphatic heterocycles. The highest BCUT2D eigenvalue weighted by Gasteiger charge is 2.44. The van der Waals surface area contributed by atoms with Gasteiger partial charge in [-0.1, -0.05) is 6.92 Å². The first-order valence-electron chi connectivity index (χ1n) is 3.94. The number of hydrogen-bond acceptors (Lipinski definition) is 5. The normalized spacial score (nSPS) is 55.5. The molecule has 0 aromatic carbocycles. The van der Waals surface area contributed by atoms with Gasteiger partial charge in [0.1, 0.15) is 12.2 Å². The Morgan fingerprint density at radius 3 is 1.75 bits per heavy atom. The number of nitrogens with two attached hydrogens (primary N) is 1. The lowest BCUT2D eigenvalue weighted by Gasteiger charge is -2.41. The molecule has 6 N–H and O–H groups in total. The first-order chi connectivity index (χ1) is 5.46. The molecule has 5 heteroatoms. The van der Waals surface area contributed by atoms with E-state index < -0.39 is 36.4 Å². The lowest BCUT2D eigenvalue weighted by atomic mass is 9.78. The smallest absolute Gasteiger partial charge is 0.110 e. The van der Waals surface area contributed by atoms with Crippen molar-refractivity contribution in [3.63, 3.8) is 0 Å². The highest BCUT2D eigenvalue weighted by atomic mass is 16.4. The van der Waals surface area contributed by atoms with Crippen molar-refractivity contribution in [2.24, 2.45) is 11.7 Å². The van der Waals surface area contributed by atoms with Crippen molar-refractivity contribution < 1.29 is 20.4 Å². The average Bonchev–Trinajstić information content (AvgIpc) is 2.08. The molecular weight excluding hydrogens is 162 g/mol. The van der Waals surface area contributed by atoms with Gasteiger partial charge in [0.15, 0.2) is 0 Å². The van der Waals surface area contributed by atoms with Crippen LogP contribution in [0.15, 0.2) is 0 Å². The Labute approximate surface area is 70.4 Å². The van der Waals surface area contributed by atoms with Gasteiger partial charge in [-0.25, -0.2) is 0 Å². The van der Waals surface area contributed by atoms with Gasteiger partial charge in [-0.05, 0) is 0 Å². The molecule has 0 radical (unpaired) electrons. The molecule has 0 saturated heterocycles. The SMILES string of the molecule is CC1C(N)C(O)C(O)C(O)C1O. The molecule has 1 rings (SSSR count). The lowest BCUT2D eigenvalue weighted by Crippen LogP contribution is -2.63. The van der Waals surface area contributed by atoms with Crippen LogP contribution in [0.3, 0.4) is 0 Å². The summed E-state index contributed by atoms with van der Waals surface area (Å²) in [5.41, 5.74) is 5.48. The van der Waals surface area contributed by atoms with Crippen LogP contribution in [0.25, 0.3) is 0 Å². The van der Waals surface area contributed by atoms with Crippen LogP contribution in [0.2, 0.25) is 0 Å². The molecule has 0 aromatic heterocycles. The van der Waals surface area contributed by atoms with E-state index in [0.717, 1.165) is 0 Å². The van der Waals surface area contributed by atoms with Crippen molar-refractivity contribution in [1.29, 1.82) is 0 Å². The third-order valence-electron chi connectivity index (χ3n) is 2.59. The van der Waals surface area contributed by atoms with Crippen LogP contribution in [-0.2, 0) is 0 Å². The first kappa shape index (κ1) is 9.88. The maximum absolute atomic E-state index is 9.30. The average molecular weight is 177 g/mol. The molecule has 12 heavy (non-hydrogen) atoms. The van der Waals surface area contributed by atoms with Crippen molar-refractivity contribution in [1.82, 2.24) is 0 Å². The second kappa shape index (κ2) is 3.27. The number of rotatable bonds is 0. The Balaban J connectivity index is 2.76. The number of aliphatic hydroxyl groups excluding tert-OH is 4. The second-order valence-corrected chi connectivity index (χ2v) is 3.40. The van der Waals surface area contributed by atoms with Crippen LogP contribution < -0.4 is 5.73 Å². The molecule has 1 aliphatic carbocycles. The molecule has 0 spiro atoms. The monoisotopic (exact) mass is 177 g/mol. The third-order valence-corrected chi connectivity index (χ3v) is 2.59. The predicted octanol–water partition coefficient (Wildman–Crippen LogP) is -2.59. The van der Waals surface area contributed by atoms with Gasteiger partial charge in [0.05, 0.1) is 12.2 Å². The molecule has 5 nitrogen and oxygen atoms in total. The standard InChI is InChI=1S/C7H15NO4/c1-2-3(8)5(10)7(12)6(11)4(2)9/h2-7,9-12H,8H2,1H3. The lowest BCUT2D eigenvalue weighted by molar-refractivity contribution is -0.162. The van der Waals surface area contributed by atoms with Gasteiger partial charge in [0.2, 0.25) is 0 Å². The molecule has 1 aliphatic rings. The molecule has 6 atom stereocenters. The van der Waals surface area contributed by atoms with Crippen LogP contribution in [0.5, 0.6) is 0 Å². The van der Waals surface area contributed by atoms with Crippen LogP contribution in [0, 0.1) is 5.92 Å². The molecule has 0 amide bonds. The summed E-state index contributed by atoms with van der Waals surface area (Å²) < 4.78 is 0. The van der Waals surface area contributed by atoms with Gasteiger partial charge in [-0.15, -0.1) is 0 Å². The van der Waals surface area contributed by atoms with Crippen LogP contribution in [0.1, 0.15) is 6.92 Å². The van der Waals surface area contributed by atoms with E-state index in [4.69, 9.17) is 10.8 Å². The van der Waals surface area contributed by atoms with Gasteiger partial charge in [0.25, 0.3) is 0 Å².